The van der Waals surface area contributed by atoms with E-state index in [-0.39, 0.29) is 16.8 Å². The molecule has 3 aromatic rings. The SMILES string of the molecule is Cc1ccc(C)c(N2C(=O)C(=O)/C(=C(\O)c3cccc([N+](=O)[O-])c3)C2c2cccnc2)c1. The van der Waals surface area contributed by atoms with Gasteiger partial charge in [-0.3, -0.25) is 29.6 Å². The predicted octanol–water partition coefficient (Wildman–Crippen LogP) is 4.23. The van der Waals surface area contributed by atoms with Gasteiger partial charge in [-0.05, 0) is 42.7 Å². The van der Waals surface area contributed by atoms with Gasteiger partial charge in [0.05, 0.1) is 16.5 Å². The molecule has 1 aliphatic rings. The molecule has 1 unspecified atom stereocenters. The van der Waals surface area contributed by atoms with Crippen molar-refractivity contribution in [1.82, 2.24) is 4.98 Å². The summed E-state index contributed by atoms with van der Waals surface area (Å²) >= 11 is 0. The van der Waals surface area contributed by atoms with E-state index < -0.39 is 28.4 Å². The Labute approximate surface area is 183 Å². The minimum atomic E-state index is -0.941. The second kappa shape index (κ2) is 8.07. The quantitative estimate of drug-likeness (QED) is 0.218. The summed E-state index contributed by atoms with van der Waals surface area (Å²) in [6.45, 7) is 3.71. The number of ketones is 1. The Morgan fingerprint density at radius 2 is 1.88 bits per heavy atom. The molecule has 4 rings (SSSR count). The molecule has 8 nitrogen and oxygen atoms in total. The Morgan fingerprint density at radius 3 is 2.56 bits per heavy atom. The molecule has 160 valence electrons. The number of carbonyl (C=O) groups is 2. The average molecular weight is 429 g/mol. The van der Waals surface area contributed by atoms with Crippen molar-refractivity contribution in [2.75, 3.05) is 4.90 Å². The molecule has 0 bridgehead atoms. The molecule has 2 heterocycles. The highest BCUT2D eigenvalue weighted by molar-refractivity contribution is 6.51. The number of nitro benzene ring substituents is 1. The van der Waals surface area contributed by atoms with Gasteiger partial charge in [-0.1, -0.05) is 30.3 Å². The number of pyridine rings is 1. The molecule has 1 fully saturated rings. The van der Waals surface area contributed by atoms with Crippen LogP contribution >= 0.6 is 0 Å². The number of hydrogen-bond donors (Lipinski definition) is 1. The number of aliphatic hydroxyl groups is 1. The fraction of sp³-hybridized carbons (Fsp3) is 0.125. The molecule has 1 amide bonds. The van der Waals surface area contributed by atoms with Gasteiger partial charge in [0.15, 0.2) is 0 Å². The maximum Gasteiger partial charge on any atom is 0.300 e. The molecular weight excluding hydrogens is 410 g/mol. The fourth-order valence-electron chi connectivity index (χ4n) is 3.84. The monoisotopic (exact) mass is 429 g/mol. The lowest BCUT2D eigenvalue weighted by molar-refractivity contribution is -0.384. The third-order valence-electron chi connectivity index (χ3n) is 5.40. The summed E-state index contributed by atoms with van der Waals surface area (Å²) in [6, 6.07) is 13.3. The Bertz CT molecular complexity index is 1280. The number of nitro groups is 1. The summed E-state index contributed by atoms with van der Waals surface area (Å²) in [5, 5.41) is 22.2. The van der Waals surface area contributed by atoms with E-state index in [1.807, 2.05) is 26.0 Å². The first-order chi connectivity index (χ1) is 15.3. The van der Waals surface area contributed by atoms with E-state index in [0.717, 1.165) is 11.1 Å². The highest BCUT2D eigenvalue weighted by atomic mass is 16.6. The number of carbonyl (C=O) groups excluding carboxylic acids is 2. The van der Waals surface area contributed by atoms with Crippen LogP contribution in [0.4, 0.5) is 11.4 Å². The molecule has 1 aromatic heterocycles. The average Bonchev–Trinajstić information content (AvgIpc) is 3.06. The highest BCUT2D eigenvalue weighted by Gasteiger charge is 2.47. The normalized spacial score (nSPS) is 17.6. The number of amides is 1. The second-order valence-electron chi connectivity index (χ2n) is 7.55. The van der Waals surface area contributed by atoms with E-state index in [9.17, 15) is 24.8 Å². The lowest BCUT2D eigenvalue weighted by Crippen LogP contribution is -2.30. The minimum Gasteiger partial charge on any atom is -0.507 e. The first-order valence-corrected chi connectivity index (χ1v) is 9.82. The number of aromatic nitrogens is 1. The third-order valence-corrected chi connectivity index (χ3v) is 5.40. The molecule has 32 heavy (non-hydrogen) atoms. The van der Waals surface area contributed by atoms with Gasteiger partial charge < -0.3 is 5.11 Å². The molecule has 8 heteroatoms. The summed E-state index contributed by atoms with van der Waals surface area (Å²) in [6.07, 6.45) is 3.09. The molecule has 0 saturated carbocycles. The van der Waals surface area contributed by atoms with Gasteiger partial charge in [0, 0.05) is 35.8 Å². The van der Waals surface area contributed by atoms with Gasteiger partial charge in [-0.25, -0.2) is 0 Å². The fourth-order valence-corrected chi connectivity index (χ4v) is 3.84. The number of Topliss-reactive ketones (excluding diaryl/α,β-unsaturated/α-hetero) is 1. The van der Waals surface area contributed by atoms with Crippen LogP contribution in [0.1, 0.15) is 28.3 Å². The molecule has 0 spiro atoms. The van der Waals surface area contributed by atoms with Crippen molar-refractivity contribution in [2.24, 2.45) is 0 Å². The number of aryl methyl sites for hydroxylation is 2. The molecule has 0 radical (unpaired) electrons. The van der Waals surface area contributed by atoms with Gasteiger partial charge >= 0.3 is 0 Å². The number of benzene rings is 2. The van der Waals surface area contributed by atoms with E-state index in [2.05, 4.69) is 4.98 Å². The number of nitrogens with zero attached hydrogens (tertiary/aromatic N) is 3. The Morgan fingerprint density at radius 1 is 1.09 bits per heavy atom. The lowest BCUT2D eigenvalue weighted by Gasteiger charge is -2.26. The largest absolute Gasteiger partial charge is 0.507 e. The van der Waals surface area contributed by atoms with E-state index in [0.29, 0.717) is 11.3 Å². The first-order valence-electron chi connectivity index (χ1n) is 9.82. The van der Waals surface area contributed by atoms with Crippen LogP contribution < -0.4 is 4.90 Å². The van der Waals surface area contributed by atoms with Crippen LogP contribution in [0.15, 0.2) is 72.6 Å². The van der Waals surface area contributed by atoms with Crippen molar-refractivity contribution in [1.29, 1.82) is 0 Å². The molecule has 1 aliphatic heterocycles. The Kier molecular flexibility index (Phi) is 5.28. The molecular formula is C24H19N3O5. The zero-order chi connectivity index (χ0) is 23.0. The van der Waals surface area contributed by atoms with Crippen LogP contribution in [0.3, 0.4) is 0 Å². The smallest absolute Gasteiger partial charge is 0.300 e. The summed E-state index contributed by atoms with van der Waals surface area (Å²) in [4.78, 5) is 42.4. The maximum absolute atomic E-state index is 13.2. The van der Waals surface area contributed by atoms with Gasteiger partial charge in [0.25, 0.3) is 17.4 Å². The van der Waals surface area contributed by atoms with Crippen LogP contribution in [0, 0.1) is 24.0 Å². The van der Waals surface area contributed by atoms with Crippen molar-refractivity contribution in [3.63, 3.8) is 0 Å². The Hall–Kier alpha value is -4.33. The summed E-state index contributed by atoms with van der Waals surface area (Å²) < 4.78 is 0. The molecule has 1 saturated heterocycles. The zero-order valence-corrected chi connectivity index (χ0v) is 17.4. The summed E-state index contributed by atoms with van der Waals surface area (Å²) in [5.41, 5.74) is 2.43. The van der Waals surface area contributed by atoms with Gasteiger partial charge in [0.2, 0.25) is 0 Å². The van der Waals surface area contributed by atoms with Crippen LogP contribution in [0.25, 0.3) is 5.76 Å². The predicted molar refractivity (Wildman–Crippen MR) is 118 cm³/mol. The first kappa shape index (κ1) is 20.9. The van der Waals surface area contributed by atoms with E-state index >= 15 is 0 Å². The van der Waals surface area contributed by atoms with Crippen LogP contribution in [0.2, 0.25) is 0 Å². The van der Waals surface area contributed by atoms with Crippen molar-refractivity contribution >= 4 is 28.8 Å². The molecule has 2 aromatic carbocycles. The van der Waals surface area contributed by atoms with Gasteiger partial charge in [-0.2, -0.15) is 0 Å². The minimum absolute atomic E-state index is 0.0760. The number of hydrogen-bond acceptors (Lipinski definition) is 6. The third kappa shape index (κ3) is 3.51. The van der Waals surface area contributed by atoms with Gasteiger partial charge in [-0.15, -0.1) is 0 Å². The van der Waals surface area contributed by atoms with Crippen LogP contribution in [-0.2, 0) is 9.59 Å². The number of non-ortho nitro benzene ring substituents is 1. The number of aliphatic hydroxyl groups excluding tert-OH is 1. The van der Waals surface area contributed by atoms with Crippen molar-refractivity contribution < 1.29 is 19.6 Å². The highest BCUT2D eigenvalue weighted by Crippen LogP contribution is 2.43. The molecule has 1 N–H and O–H groups in total. The van der Waals surface area contributed by atoms with Crippen molar-refractivity contribution in [2.45, 2.75) is 19.9 Å². The number of anilines is 1. The van der Waals surface area contributed by atoms with Gasteiger partial charge in [0.1, 0.15) is 5.76 Å². The van der Waals surface area contributed by atoms with E-state index in [1.54, 1.807) is 24.4 Å². The molecule has 0 aliphatic carbocycles. The van der Waals surface area contributed by atoms with Crippen molar-refractivity contribution in [3.8, 4) is 0 Å². The topological polar surface area (TPSA) is 114 Å². The molecule has 1 atom stereocenters. The lowest BCUT2D eigenvalue weighted by atomic mass is 9.95. The summed E-state index contributed by atoms with van der Waals surface area (Å²) in [7, 11) is 0. The second-order valence-corrected chi connectivity index (χ2v) is 7.55. The standard InChI is InChI=1S/C24H19N3O5/c1-14-8-9-15(2)19(11-14)26-21(17-6-4-10-25-13-17)20(23(29)24(26)30)22(28)16-5-3-7-18(12-16)27(31)32/h3-13,21,28H,1-2H3/b22-20-. The summed E-state index contributed by atoms with van der Waals surface area (Å²) in [5.74, 6) is -2.14. The van der Waals surface area contributed by atoms with E-state index in [4.69, 9.17) is 0 Å². The Balaban J connectivity index is 1.97. The zero-order valence-electron chi connectivity index (χ0n) is 17.4. The van der Waals surface area contributed by atoms with Crippen LogP contribution in [0.5, 0.6) is 0 Å². The van der Waals surface area contributed by atoms with Crippen molar-refractivity contribution in [3.05, 3.63) is 105 Å². The van der Waals surface area contributed by atoms with E-state index in [1.165, 1.54) is 35.4 Å². The maximum atomic E-state index is 13.2. The number of rotatable bonds is 4. The van der Waals surface area contributed by atoms with Crippen LogP contribution in [-0.4, -0.2) is 26.7 Å².